The first-order valence-electron chi connectivity index (χ1n) is 10.4. The van der Waals surface area contributed by atoms with Crippen LogP contribution in [0.25, 0.3) is 16.6 Å². The SMILES string of the molecule is CSC1=C(c2c[nH]c3ccccc23)N=C(OCc2ccccc2)C(CC(C)C)N1C. The molecule has 0 fully saturated rings. The zero-order chi connectivity index (χ0) is 21.1. The van der Waals surface area contributed by atoms with E-state index in [-0.39, 0.29) is 6.04 Å². The number of hydrogen-bond acceptors (Lipinski definition) is 4. The number of benzene rings is 2. The molecule has 0 amide bonds. The molecule has 2 heterocycles. The predicted molar refractivity (Wildman–Crippen MR) is 128 cm³/mol. The van der Waals surface area contributed by atoms with Crippen molar-refractivity contribution >= 4 is 34.3 Å². The molecule has 1 aliphatic rings. The summed E-state index contributed by atoms with van der Waals surface area (Å²) >= 11 is 1.75. The molecule has 4 nitrogen and oxygen atoms in total. The Labute approximate surface area is 183 Å². The number of fused-ring (bicyclic) bond motifs is 1. The highest BCUT2D eigenvalue weighted by molar-refractivity contribution is 8.02. The molecule has 1 unspecified atom stereocenters. The van der Waals surface area contributed by atoms with Gasteiger partial charge in [0.1, 0.15) is 18.3 Å². The highest BCUT2D eigenvalue weighted by atomic mass is 32.2. The minimum atomic E-state index is 0.130. The van der Waals surface area contributed by atoms with E-state index in [0.717, 1.165) is 34.7 Å². The van der Waals surface area contributed by atoms with Crippen molar-refractivity contribution in [3.8, 4) is 0 Å². The molecule has 5 heteroatoms. The van der Waals surface area contributed by atoms with Gasteiger partial charge < -0.3 is 14.6 Å². The maximum absolute atomic E-state index is 6.34. The zero-order valence-corrected chi connectivity index (χ0v) is 18.9. The number of nitrogens with one attached hydrogen (secondary N) is 1. The van der Waals surface area contributed by atoms with Gasteiger partial charge in [0.15, 0.2) is 0 Å². The molecular formula is C25H29N3OS. The van der Waals surface area contributed by atoms with Gasteiger partial charge in [-0.1, -0.05) is 62.4 Å². The summed E-state index contributed by atoms with van der Waals surface area (Å²) in [5.74, 6) is 1.34. The fourth-order valence-electron chi connectivity index (χ4n) is 3.96. The topological polar surface area (TPSA) is 40.6 Å². The third-order valence-corrected chi connectivity index (χ3v) is 6.33. The predicted octanol–water partition coefficient (Wildman–Crippen LogP) is 6.13. The molecule has 2 aromatic carbocycles. The number of rotatable bonds is 6. The number of ether oxygens (including phenoxy) is 1. The van der Waals surface area contributed by atoms with Crippen LogP contribution in [0.1, 0.15) is 31.4 Å². The van der Waals surface area contributed by atoms with Crippen LogP contribution in [0.3, 0.4) is 0 Å². The number of aliphatic imine (C=N–C) groups is 1. The Morgan fingerprint density at radius 2 is 1.83 bits per heavy atom. The third kappa shape index (κ3) is 4.12. The Morgan fingerprint density at radius 1 is 1.10 bits per heavy atom. The van der Waals surface area contributed by atoms with Gasteiger partial charge in [-0.3, -0.25) is 0 Å². The fraction of sp³-hybridized carbons (Fsp3) is 0.320. The Morgan fingerprint density at radius 3 is 2.57 bits per heavy atom. The number of likely N-dealkylation sites (N-methyl/N-ethyl adjacent to an activating group) is 1. The number of aromatic nitrogens is 1. The van der Waals surface area contributed by atoms with Crippen LogP contribution < -0.4 is 0 Å². The van der Waals surface area contributed by atoms with Gasteiger partial charge in [-0.25, -0.2) is 4.99 Å². The number of para-hydroxylation sites is 1. The number of aromatic amines is 1. The maximum atomic E-state index is 6.34. The van der Waals surface area contributed by atoms with E-state index in [1.165, 1.54) is 10.4 Å². The van der Waals surface area contributed by atoms with E-state index in [1.54, 1.807) is 11.8 Å². The van der Waals surface area contributed by atoms with Crippen LogP contribution in [0.4, 0.5) is 0 Å². The molecule has 3 aromatic rings. The molecule has 1 aliphatic heterocycles. The smallest absolute Gasteiger partial charge is 0.212 e. The quantitative estimate of drug-likeness (QED) is 0.522. The molecule has 0 saturated carbocycles. The number of H-pyrrole nitrogens is 1. The van der Waals surface area contributed by atoms with Crippen molar-refractivity contribution in [3.05, 3.63) is 77.0 Å². The number of nitrogens with zero attached hydrogens (tertiary/aromatic N) is 2. The van der Waals surface area contributed by atoms with Crippen LogP contribution in [0, 0.1) is 5.92 Å². The Kier molecular flexibility index (Phi) is 6.18. The largest absolute Gasteiger partial charge is 0.474 e. The average molecular weight is 420 g/mol. The minimum absolute atomic E-state index is 0.130. The molecule has 0 bridgehead atoms. The number of thioether (sulfide) groups is 1. The molecule has 0 spiro atoms. The molecule has 1 atom stereocenters. The molecule has 1 N–H and O–H groups in total. The second-order valence-electron chi connectivity index (χ2n) is 8.09. The second kappa shape index (κ2) is 9.00. The summed E-state index contributed by atoms with van der Waals surface area (Å²) in [7, 11) is 2.16. The Bertz CT molecular complexity index is 1070. The van der Waals surface area contributed by atoms with Gasteiger partial charge >= 0.3 is 0 Å². The fourth-order valence-corrected chi connectivity index (χ4v) is 4.72. The highest BCUT2D eigenvalue weighted by Gasteiger charge is 2.32. The van der Waals surface area contributed by atoms with Crippen molar-refractivity contribution in [2.75, 3.05) is 13.3 Å². The lowest BCUT2D eigenvalue weighted by Crippen LogP contribution is -2.42. The zero-order valence-electron chi connectivity index (χ0n) is 18.1. The molecule has 30 heavy (non-hydrogen) atoms. The van der Waals surface area contributed by atoms with E-state index in [9.17, 15) is 0 Å². The van der Waals surface area contributed by atoms with Gasteiger partial charge in [-0.2, -0.15) is 0 Å². The van der Waals surface area contributed by atoms with Gasteiger partial charge in [0.05, 0.1) is 5.03 Å². The van der Waals surface area contributed by atoms with E-state index in [4.69, 9.17) is 9.73 Å². The molecule has 1 aromatic heterocycles. The normalized spacial score (nSPS) is 17.0. The van der Waals surface area contributed by atoms with Crippen molar-refractivity contribution in [2.24, 2.45) is 10.9 Å². The van der Waals surface area contributed by atoms with Crippen LogP contribution in [-0.4, -0.2) is 35.1 Å². The van der Waals surface area contributed by atoms with Gasteiger partial charge in [0.25, 0.3) is 0 Å². The van der Waals surface area contributed by atoms with Crippen molar-refractivity contribution in [2.45, 2.75) is 32.9 Å². The Balaban J connectivity index is 1.76. The molecular weight excluding hydrogens is 390 g/mol. The van der Waals surface area contributed by atoms with Gasteiger partial charge in [0, 0.05) is 29.7 Å². The summed E-state index contributed by atoms with van der Waals surface area (Å²) in [5, 5.41) is 2.36. The van der Waals surface area contributed by atoms with E-state index < -0.39 is 0 Å². The van der Waals surface area contributed by atoms with Crippen molar-refractivity contribution in [1.29, 1.82) is 0 Å². The first-order valence-corrected chi connectivity index (χ1v) is 11.6. The van der Waals surface area contributed by atoms with Crippen LogP contribution in [0.15, 0.2) is 70.8 Å². The molecule has 0 radical (unpaired) electrons. The van der Waals surface area contributed by atoms with E-state index in [1.807, 2.05) is 18.2 Å². The van der Waals surface area contributed by atoms with E-state index in [0.29, 0.717) is 12.5 Å². The minimum Gasteiger partial charge on any atom is -0.474 e. The average Bonchev–Trinajstić information content (AvgIpc) is 3.18. The van der Waals surface area contributed by atoms with Crippen LogP contribution >= 0.6 is 11.8 Å². The second-order valence-corrected chi connectivity index (χ2v) is 8.88. The van der Waals surface area contributed by atoms with Crippen LogP contribution in [0.2, 0.25) is 0 Å². The lowest BCUT2D eigenvalue weighted by atomic mass is 10.0. The van der Waals surface area contributed by atoms with Gasteiger partial charge in [0.2, 0.25) is 5.90 Å². The highest BCUT2D eigenvalue weighted by Crippen LogP contribution is 2.38. The first-order chi connectivity index (χ1) is 14.6. The summed E-state index contributed by atoms with van der Waals surface area (Å²) < 4.78 is 6.34. The van der Waals surface area contributed by atoms with Crippen molar-refractivity contribution in [3.63, 3.8) is 0 Å². The Hall–Kier alpha value is -2.66. The maximum Gasteiger partial charge on any atom is 0.212 e. The molecule has 0 saturated heterocycles. The molecule has 0 aliphatic carbocycles. The van der Waals surface area contributed by atoms with E-state index >= 15 is 0 Å². The van der Waals surface area contributed by atoms with Crippen molar-refractivity contribution in [1.82, 2.24) is 9.88 Å². The van der Waals surface area contributed by atoms with Crippen LogP contribution in [-0.2, 0) is 11.3 Å². The summed E-state index contributed by atoms with van der Waals surface area (Å²) in [6.45, 7) is 5.03. The monoisotopic (exact) mass is 419 g/mol. The van der Waals surface area contributed by atoms with Gasteiger partial charge in [-0.05, 0) is 30.2 Å². The lowest BCUT2D eigenvalue weighted by Gasteiger charge is -2.36. The summed E-state index contributed by atoms with van der Waals surface area (Å²) in [6.07, 6.45) is 5.18. The van der Waals surface area contributed by atoms with E-state index in [2.05, 4.69) is 79.6 Å². The third-order valence-electron chi connectivity index (χ3n) is 5.46. The van der Waals surface area contributed by atoms with Crippen LogP contribution in [0.5, 0.6) is 0 Å². The summed E-state index contributed by atoms with van der Waals surface area (Å²) in [5.41, 5.74) is 4.37. The lowest BCUT2D eigenvalue weighted by molar-refractivity contribution is 0.230. The first kappa shape index (κ1) is 20.6. The number of hydrogen-bond donors (Lipinski definition) is 1. The molecule has 4 rings (SSSR count). The summed E-state index contributed by atoms with van der Waals surface area (Å²) in [4.78, 5) is 10.8. The molecule has 156 valence electrons. The standard InChI is InChI=1S/C25H29N3OS/c1-17(2)14-22-24(29-16-18-10-6-5-7-11-18)27-23(25(30-4)28(22)3)20-15-26-21-13-9-8-12-19(20)21/h5-13,15,17,22,26H,14,16H2,1-4H3. The van der Waals surface area contributed by atoms with Crippen molar-refractivity contribution < 1.29 is 4.74 Å². The summed E-state index contributed by atoms with van der Waals surface area (Å²) in [6, 6.07) is 18.8. The van der Waals surface area contributed by atoms with Gasteiger partial charge in [-0.15, -0.1) is 11.8 Å².